The Bertz CT molecular complexity index is 1730. The van der Waals surface area contributed by atoms with Crippen LogP contribution in [0.2, 0.25) is 0 Å². The van der Waals surface area contributed by atoms with Crippen molar-refractivity contribution in [3.05, 3.63) is 87.1 Å². The summed E-state index contributed by atoms with van der Waals surface area (Å²) in [5.74, 6) is 3.75. The van der Waals surface area contributed by atoms with Gasteiger partial charge in [-0.2, -0.15) is 9.78 Å². The Hall–Kier alpha value is -4.35. The van der Waals surface area contributed by atoms with Gasteiger partial charge in [0.1, 0.15) is 17.9 Å². The monoisotopic (exact) mass is 540 g/mol. The molecule has 2 heterocycles. The number of nitrogens with zero attached hydrogens (tertiary/aromatic N) is 4. The van der Waals surface area contributed by atoms with Gasteiger partial charge in [-0.3, -0.25) is 4.79 Å². The fourth-order valence-corrected chi connectivity index (χ4v) is 4.17. The molecule has 8 heteroatoms. The molecule has 0 unspecified atom stereocenters. The lowest BCUT2D eigenvalue weighted by Crippen LogP contribution is -2.20. The smallest absolute Gasteiger partial charge is 0.282 e. The Labute approximate surface area is 215 Å². The number of hydrogen-bond acceptors (Lipinski definition) is 6. The predicted molar refractivity (Wildman–Crippen MR) is 147 cm³/mol. The van der Waals surface area contributed by atoms with E-state index in [1.165, 1.54) is 4.68 Å². The van der Waals surface area contributed by atoms with E-state index in [1.807, 2.05) is 67.5 Å². The molecule has 0 bridgehead atoms. The number of halogens is 1. The number of terminal acetylenes is 1. The molecule has 0 saturated heterocycles. The first-order valence-corrected chi connectivity index (χ1v) is 11.9. The molecule has 0 N–H and O–H groups in total. The number of aromatic nitrogens is 2. The van der Waals surface area contributed by atoms with E-state index >= 15 is 0 Å². The van der Waals surface area contributed by atoms with Crippen molar-refractivity contribution < 1.29 is 9.15 Å². The Morgan fingerprint density at radius 1 is 1.17 bits per heavy atom. The summed E-state index contributed by atoms with van der Waals surface area (Å²) >= 11 is 3.48. The molecule has 3 aromatic carbocycles. The van der Waals surface area contributed by atoms with Crippen molar-refractivity contribution in [2.45, 2.75) is 0 Å². The highest BCUT2D eigenvalue weighted by Gasteiger charge is 2.17. The highest BCUT2D eigenvalue weighted by atomic mass is 79.9. The molecule has 36 heavy (non-hydrogen) atoms. The summed E-state index contributed by atoms with van der Waals surface area (Å²) in [4.78, 5) is 20.2. The van der Waals surface area contributed by atoms with Gasteiger partial charge in [0, 0.05) is 41.3 Å². The van der Waals surface area contributed by atoms with Gasteiger partial charge in [0.25, 0.3) is 5.56 Å². The first-order valence-electron chi connectivity index (χ1n) is 11.1. The van der Waals surface area contributed by atoms with E-state index in [0.29, 0.717) is 39.4 Å². The molecule has 0 aliphatic heterocycles. The molecule has 0 atom stereocenters. The summed E-state index contributed by atoms with van der Waals surface area (Å²) in [5.41, 5.74) is 2.52. The van der Waals surface area contributed by atoms with Gasteiger partial charge in [0.05, 0.1) is 17.1 Å². The molecule has 7 nitrogen and oxygen atoms in total. The van der Waals surface area contributed by atoms with Crippen LogP contribution in [0.4, 0.5) is 5.69 Å². The van der Waals surface area contributed by atoms with Crippen molar-refractivity contribution in [2.24, 2.45) is 5.10 Å². The van der Waals surface area contributed by atoms with Gasteiger partial charge in [-0.25, -0.2) is 4.98 Å². The van der Waals surface area contributed by atoms with E-state index in [-0.39, 0.29) is 12.2 Å². The van der Waals surface area contributed by atoms with Gasteiger partial charge in [-0.15, -0.1) is 6.42 Å². The lowest BCUT2D eigenvalue weighted by molar-refractivity contribution is 0.370. The van der Waals surface area contributed by atoms with Crippen LogP contribution in [-0.4, -0.2) is 36.6 Å². The van der Waals surface area contributed by atoms with Gasteiger partial charge < -0.3 is 14.1 Å². The lowest BCUT2D eigenvalue weighted by atomic mass is 10.2. The number of rotatable bonds is 6. The van der Waals surface area contributed by atoms with Crippen LogP contribution in [0.25, 0.3) is 33.5 Å². The van der Waals surface area contributed by atoms with E-state index in [2.05, 4.69) is 27.0 Å². The summed E-state index contributed by atoms with van der Waals surface area (Å²) in [6.45, 7) is 0.106. The molecule has 0 amide bonds. The molecular formula is C28H21BrN4O3. The molecule has 5 rings (SSSR count). The molecule has 2 aromatic heterocycles. The second-order valence-corrected chi connectivity index (χ2v) is 9.13. The summed E-state index contributed by atoms with van der Waals surface area (Å²) < 4.78 is 14.0. The maximum Gasteiger partial charge on any atom is 0.282 e. The Morgan fingerprint density at radius 3 is 2.81 bits per heavy atom. The molecule has 0 spiro atoms. The van der Waals surface area contributed by atoms with Crippen LogP contribution in [0.1, 0.15) is 5.56 Å². The molecule has 0 radical (unpaired) electrons. The van der Waals surface area contributed by atoms with Gasteiger partial charge >= 0.3 is 0 Å². The maximum atomic E-state index is 13.5. The molecule has 0 saturated carbocycles. The lowest BCUT2D eigenvalue weighted by Gasteiger charge is -2.15. The van der Waals surface area contributed by atoms with Crippen molar-refractivity contribution in [1.82, 2.24) is 9.66 Å². The van der Waals surface area contributed by atoms with E-state index in [1.54, 1.807) is 24.4 Å². The fraction of sp³-hybridized carbons (Fsp3) is 0.107. The Kier molecular flexibility index (Phi) is 6.32. The first kappa shape index (κ1) is 23.4. The molecule has 0 aliphatic carbocycles. The van der Waals surface area contributed by atoms with E-state index < -0.39 is 0 Å². The predicted octanol–water partition coefficient (Wildman–Crippen LogP) is 5.53. The molecule has 5 aromatic rings. The number of anilines is 1. The standard InChI is InChI=1S/C28H21BrN4O3/c1-4-13-35-25-16-21(32(2)3)11-9-18(25)17-30-33-27(31-23-8-6-5-7-22(23)28(33)34)26-15-19-14-20(29)10-12-24(19)36-26/h1,5-12,14-17H,13H2,2-3H3. The van der Waals surface area contributed by atoms with Gasteiger partial charge in [0.2, 0.25) is 5.82 Å². The summed E-state index contributed by atoms with van der Waals surface area (Å²) in [6.07, 6.45) is 6.96. The second kappa shape index (κ2) is 9.72. The van der Waals surface area contributed by atoms with Crippen molar-refractivity contribution >= 4 is 49.7 Å². The van der Waals surface area contributed by atoms with Crippen LogP contribution in [0.15, 0.2) is 85.5 Å². The second-order valence-electron chi connectivity index (χ2n) is 8.22. The highest BCUT2D eigenvalue weighted by Crippen LogP contribution is 2.29. The minimum Gasteiger partial charge on any atom is -0.480 e. The topological polar surface area (TPSA) is 72.9 Å². The van der Waals surface area contributed by atoms with Crippen LogP contribution < -0.4 is 15.2 Å². The molecule has 178 valence electrons. The molecule has 0 aliphatic rings. The van der Waals surface area contributed by atoms with Crippen LogP contribution in [0.5, 0.6) is 5.75 Å². The number of fused-ring (bicyclic) bond motifs is 2. The third kappa shape index (κ3) is 4.49. The van der Waals surface area contributed by atoms with Crippen LogP contribution >= 0.6 is 15.9 Å². The minimum absolute atomic E-state index is 0.106. The average Bonchev–Trinajstić information content (AvgIpc) is 3.30. The zero-order chi connectivity index (χ0) is 25.2. The average molecular weight is 541 g/mol. The Balaban J connectivity index is 1.68. The van der Waals surface area contributed by atoms with E-state index in [9.17, 15) is 4.79 Å². The number of furan rings is 1. The van der Waals surface area contributed by atoms with Gasteiger partial charge in [-0.05, 0) is 48.5 Å². The van der Waals surface area contributed by atoms with E-state index in [4.69, 9.17) is 20.6 Å². The fourth-order valence-electron chi connectivity index (χ4n) is 3.79. The molecule has 0 fully saturated rings. The number of benzene rings is 3. The molecular weight excluding hydrogens is 520 g/mol. The largest absolute Gasteiger partial charge is 0.480 e. The minimum atomic E-state index is -0.315. The third-order valence-electron chi connectivity index (χ3n) is 5.59. The highest BCUT2D eigenvalue weighted by molar-refractivity contribution is 9.10. The first-order chi connectivity index (χ1) is 17.4. The zero-order valence-corrected chi connectivity index (χ0v) is 21.2. The normalized spacial score (nSPS) is 11.3. The third-order valence-corrected chi connectivity index (χ3v) is 6.08. The summed E-state index contributed by atoms with van der Waals surface area (Å²) in [5, 5.41) is 5.86. The number of hydrogen-bond donors (Lipinski definition) is 0. The van der Waals surface area contributed by atoms with Gasteiger partial charge in [0.15, 0.2) is 5.76 Å². The maximum absolute atomic E-state index is 13.5. The summed E-state index contributed by atoms with van der Waals surface area (Å²) in [7, 11) is 3.87. The van der Waals surface area contributed by atoms with E-state index in [0.717, 1.165) is 15.5 Å². The summed E-state index contributed by atoms with van der Waals surface area (Å²) in [6, 6.07) is 20.4. The van der Waals surface area contributed by atoms with Crippen molar-refractivity contribution in [1.29, 1.82) is 0 Å². The Morgan fingerprint density at radius 2 is 2.00 bits per heavy atom. The zero-order valence-electron chi connectivity index (χ0n) is 19.6. The van der Waals surface area contributed by atoms with Crippen molar-refractivity contribution in [3.63, 3.8) is 0 Å². The number of para-hydroxylation sites is 1. The van der Waals surface area contributed by atoms with Crippen LogP contribution in [-0.2, 0) is 0 Å². The quantitative estimate of drug-likeness (QED) is 0.209. The SMILES string of the molecule is C#CCOc1cc(N(C)C)ccc1C=Nn1c(-c2cc3cc(Br)ccc3o2)nc2ccccc2c1=O. The van der Waals surface area contributed by atoms with Crippen molar-refractivity contribution in [3.8, 4) is 29.7 Å². The van der Waals surface area contributed by atoms with Crippen LogP contribution in [0.3, 0.4) is 0 Å². The van der Waals surface area contributed by atoms with Crippen molar-refractivity contribution in [2.75, 3.05) is 25.6 Å². The van der Waals surface area contributed by atoms with Gasteiger partial charge in [-0.1, -0.05) is 34.0 Å². The number of ether oxygens (including phenoxy) is 1. The van der Waals surface area contributed by atoms with Crippen LogP contribution in [0, 0.1) is 12.3 Å².